The van der Waals surface area contributed by atoms with E-state index in [1.165, 1.54) is 33.5 Å². The number of nitrogens with one attached hydrogen (secondary N) is 2. The van der Waals surface area contributed by atoms with Crippen molar-refractivity contribution >= 4 is 17.8 Å². The molecule has 1 atom stereocenters. The van der Waals surface area contributed by atoms with Crippen LogP contribution in [-0.2, 0) is 4.79 Å². The largest absolute Gasteiger partial charge is 0.494 e. The molecule has 0 spiro atoms. The molecular weight excluding hydrogens is 402 g/mol. The maximum absolute atomic E-state index is 12.8. The molecule has 1 aliphatic rings. The number of carbonyl (C=O) groups excluding carboxylic acids is 2. The first-order chi connectivity index (χ1) is 15.0. The normalized spacial score (nSPS) is 15.4. The molecule has 0 aromatic heterocycles. The Balaban J connectivity index is 1.88. The smallest absolute Gasteiger partial charge is 0.258 e. The predicted molar refractivity (Wildman–Crippen MR) is 114 cm³/mol. The highest BCUT2D eigenvalue weighted by Gasteiger charge is 2.26. The van der Waals surface area contributed by atoms with Crippen molar-refractivity contribution in [1.29, 1.82) is 0 Å². The fourth-order valence-electron chi connectivity index (χ4n) is 3.27. The Morgan fingerprint density at radius 3 is 2.39 bits per heavy atom. The van der Waals surface area contributed by atoms with E-state index >= 15 is 0 Å². The first-order valence-electron chi connectivity index (χ1n) is 9.71. The Kier molecular flexibility index (Phi) is 6.96. The molecule has 164 valence electrons. The standard InChI is InChI=1S/C22H25N3O6/c1-5-31-16-9-7-6-8-14(16)15-12-19(26)24-22(23-15)25-21(27)13-10-17(28-2)20(30-4)18(11-13)29-3/h6-11,15H,5,12H2,1-4H3,(H2,23,24,25,26,27)/t15-/m0/s1. The van der Waals surface area contributed by atoms with Gasteiger partial charge in [0.25, 0.3) is 5.91 Å². The molecule has 0 unspecified atom stereocenters. The molecule has 1 heterocycles. The van der Waals surface area contributed by atoms with Crippen molar-refractivity contribution < 1.29 is 28.5 Å². The third kappa shape index (κ3) is 4.88. The number of hydrogen-bond donors (Lipinski definition) is 2. The molecule has 2 aromatic carbocycles. The summed E-state index contributed by atoms with van der Waals surface area (Å²) in [6.07, 6.45) is 0.146. The molecule has 31 heavy (non-hydrogen) atoms. The van der Waals surface area contributed by atoms with Gasteiger partial charge < -0.3 is 18.9 Å². The molecule has 0 saturated heterocycles. The van der Waals surface area contributed by atoms with Crippen molar-refractivity contribution in [2.24, 2.45) is 4.99 Å². The lowest BCUT2D eigenvalue weighted by atomic mass is 10.0. The van der Waals surface area contributed by atoms with Crippen LogP contribution in [0.4, 0.5) is 0 Å². The maximum atomic E-state index is 12.8. The third-order valence-electron chi connectivity index (χ3n) is 4.66. The van der Waals surface area contributed by atoms with E-state index in [1.807, 2.05) is 31.2 Å². The van der Waals surface area contributed by atoms with Gasteiger partial charge >= 0.3 is 0 Å². The van der Waals surface area contributed by atoms with Crippen LogP contribution >= 0.6 is 0 Å². The molecule has 9 heteroatoms. The van der Waals surface area contributed by atoms with Crippen LogP contribution in [0.5, 0.6) is 23.0 Å². The van der Waals surface area contributed by atoms with Gasteiger partial charge in [-0.2, -0.15) is 0 Å². The predicted octanol–water partition coefficient (Wildman–Crippen LogP) is 2.46. The van der Waals surface area contributed by atoms with E-state index in [9.17, 15) is 9.59 Å². The second-order valence-corrected chi connectivity index (χ2v) is 6.58. The van der Waals surface area contributed by atoms with Crippen LogP contribution in [0.15, 0.2) is 41.4 Å². The van der Waals surface area contributed by atoms with E-state index in [0.717, 1.165) is 5.56 Å². The first-order valence-corrected chi connectivity index (χ1v) is 9.71. The van der Waals surface area contributed by atoms with Crippen LogP contribution in [0.2, 0.25) is 0 Å². The number of aliphatic imine (C=N–C) groups is 1. The number of rotatable bonds is 7. The number of benzene rings is 2. The van der Waals surface area contributed by atoms with Gasteiger partial charge in [0.15, 0.2) is 11.5 Å². The van der Waals surface area contributed by atoms with Crippen LogP contribution < -0.4 is 29.6 Å². The summed E-state index contributed by atoms with van der Waals surface area (Å²) in [6, 6.07) is 9.95. The molecule has 0 saturated carbocycles. The summed E-state index contributed by atoms with van der Waals surface area (Å²) in [5.74, 6) is 1.02. The van der Waals surface area contributed by atoms with Crippen LogP contribution in [0, 0.1) is 0 Å². The van der Waals surface area contributed by atoms with Crippen LogP contribution in [0.1, 0.15) is 35.3 Å². The lowest BCUT2D eigenvalue weighted by molar-refractivity contribution is -0.120. The summed E-state index contributed by atoms with van der Waals surface area (Å²) in [5, 5.41) is 5.24. The van der Waals surface area contributed by atoms with E-state index in [2.05, 4.69) is 15.6 Å². The number of para-hydroxylation sites is 1. The molecule has 1 aliphatic heterocycles. The van der Waals surface area contributed by atoms with Gasteiger partial charge in [-0.05, 0) is 25.1 Å². The number of guanidine groups is 1. The Morgan fingerprint density at radius 2 is 1.77 bits per heavy atom. The molecule has 2 amide bonds. The molecule has 0 bridgehead atoms. The fraction of sp³-hybridized carbons (Fsp3) is 0.318. The van der Waals surface area contributed by atoms with Crippen molar-refractivity contribution in [1.82, 2.24) is 10.6 Å². The van der Waals surface area contributed by atoms with Gasteiger partial charge in [-0.1, -0.05) is 18.2 Å². The van der Waals surface area contributed by atoms with E-state index < -0.39 is 11.9 Å². The van der Waals surface area contributed by atoms with Crippen molar-refractivity contribution in [3.05, 3.63) is 47.5 Å². The SMILES string of the molecule is CCOc1ccccc1[C@@H]1CC(=O)NC(NC(=O)c2cc(OC)c(OC)c(OC)c2)=N1. The van der Waals surface area contributed by atoms with Gasteiger partial charge in [0.1, 0.15) is 5.75 Å². The molecule has 0 radical (unpaired) electrons. The van der Waals surface area contributed by atoms with Crippen molar-refractivity contribution in [3.8, 4) is 23.0 Å². The summed E-state index contributed by atoms with van der Waals surface area (Å²) in [4.78, 5) is 29.7. The zero-order valence-electron chi connectivity index (χ0n) is 17.9. The van der Waals surface area contributed by atoms with Gasteiger partial charge in [-0.3, -0.25) is 20.2 Å². The molecule has 9 nitrogen and oxygen atoms in total. The molecular formula is C22H25N3O6. The summed E-state index contributed by atoms with van der Waals surface area (Å²) < 4.78 is 21.5. The highest BCUT2D eigenvalue weighted by molar-refractivity contribution is 6.11. The van der Waals surface area contributed by atoms with E-state index in [-0.39, 0.29) is 23.9 Å². The number of amides is 2. The first kappa shape index (κ1) is 21.9. The Labute approximate surface area is 180 Å². The number of ether oxygens (including phenoxy) is 4. The van der Waals surface area contributed by atoms with Gasteiger partial charge in [0.05, 0.1) is 40.4 Å². The van der Waals surface area contributed by atoms with Crippen LogP contribution in [0.25, 0.3) is 0 Å². The average molecular weight is 427 g/mol. The van der Waals surface area contributed by atoms with Gasteiger partial charge in [-0.15, -0.1) is 0 Å². The molecule has 3 rings (SSSR count). The Bertz CT molecular complexity index is 979. The number of methoxy groups -OCH3 is 3. The molecule has 2 N–H and O–H groups in total. The van der Waals surface area contributed by atoms with Crippen molar-refractivity contribution in [2.75, 3.05) is 27.9 Å². The van der Waals surface area contributed by atoms with Crippen LogP contribution in [0.3, 0.4) is 0 Å². The minimum absolute atomic E-state index is 0.0614. The second-order valence-electron chi connectivity index (χ2n) is 6.58. The minimum Gasteiger partial charge on any atom is -0.494 e. The summed E-state index contributed by atoms with van der Waals surface area (Å²) in [6.45, 7) is 2.38. The minimum atomic E-state index is -0.489. The number of carbonyl (C=O) groups is 2. The molecule has 0 fully saturated rings. The summed E-state index contributed by atoms with van der Waals surface area (Å²) in [5.41, 5.74) is 1.03. The number of nitrogens with zero attached hydrogens (tertiary/aromatic N) is 1. The summed E-state index contributed by atoms with van der Waals surface area (Å²) in [7, 11) is 4.41. The maximum Gasteiger partial charge on any atom is 0.258 e. The fourth-order valence-corrected chi connectivity index (χ4v) is 3.27. The van der Waals surface area contributed by atoms with E-state index in [1.54, 1.807) is 0 Å². The molecule has 2 aromatic rings. The molecule has 0 aliphatic carbocycles. The monoisotopic (exact) mass is 427 g/mol. The van der Waals surface area contributed by atoms with Crippen LogP contribution in [-0.4, -0.2) is 45.7 Å². The highest BCUT2D eigenvalue weighted by atomic mass is 16.5. The van der Waals surface area contributed by atoms with Crippen molar-refractivity contribution in [3.63, 3.8) is 0 Å². The highest BCUT2D eigenvalue weighted by Crippen LogP contribution is 2.38. The zero-order chi connectivity index (χ0) is 22.4. The van der Waals surface area contributed by atoms with E-state index in [4.69, 9.17) is 18.9 Å². The quantitative estimate of drug-likeness (QED) is 0.703. The third-order valence-corrected chi connectivity index (χ3v) is 4.66. The lowest BCUT2D eigenvalue weighted by Gasteiger charge is -2.23. The topological polar surface area (TPSA) is 107 Å². The summed E-state index contributed by atoms with van der Waals surface area (Å²) >= 11 is 0. The van der Waals surface area contributed by atoms with Gasteiger partial charge in [0, 0.05) is 11.1 Å². The van der Waals surface area contributed by atoms with E-state index in [0.29, 0.717) is 29.6 Å². The average Bonchev–Trinajstić information content (AvgIpc) is 2.78. The van der Waals surface area contributed by atoms with Crippen molar-refractivity contribution in [2.45, 2.75) is 19.4 Å². The lowest BCUT2D eigenvalue weighted by Crippen LogP contribution is -2.47. The zero-order valence-corrected chi connectivity index (χ0v) is 17.9. The second kappa shape index (κ2) is 9.84. The Hall–Kier alpha value is -3.75. The van der Waals surface area contributed by atoms with Gasteiger partial charge in [-0.25, -0.2) is 4.99 Å². The number of hydrogen-bond acceptors (Lipinski definition) is 7. The Morgan fingerprint density at radius 1 is 1.10 bits per heavy atom. The van der Waals surface area contributed by atoms with Gasteiger partial charge in [0.2, 0.25) is 17.6 Å².